The lowest BCUT2D eigenvalue weighted by molar-refractivity contribution is -0.175. The first-order chi connectivity index (χ1) is 16.3. The Labute approximate surface area is 203 Å². The lowest BCUT2D eigenvalue weighted by Crippen LogP contribution is -2.58. The molecule has 4 unspecified atom stereocenters. The number of aliphatic imine (C=N–C) groups is 1. The minimum Gasteiger partial charge on any atom is -0.481 e. The molecule has 0 bridgehead atoms. The summed E-state index contributed by atoms with van der Waals surface area (Å²) in [5.41, 5.74) is -0.0137. The molecule has 0 radical (unpaired) electrons. The van der Waals surface area contributed by atoms with Gasteiger partial charge in [0.05, 0.1) is 0 Å². The summed E-state index contributed by atoms with van der Waals surface area (Å²) in [4.78, 5) is 30.2. The molecule has 3 rings (SSSR count). The van der Waals surface area contributed by atoms with Crippen LogP contribution in [0, 0.1) is 11.3 Å². The first kappa shape index (κ1) is 25.6. The molecule has 2 aromatic rings. The van der Waals surface area contributed by atoms with E-state index < -0.39 is 41.5 Å². The first-order valence-electron chi connectivity index (χ1n) is 10.8. The predicted molar refractivity (Wildman–Crippen MR) is 130 cm³/mol. The van der Waals surface area contributed by atoms with Crippen molar-refractivity contribution in [1.29, 1.82) is 0 Å². The van der Waals surface area contributed by atoms with Crippen molar-refractivity contribution in [3.8, 4) is 0 Å². The highest BCUT2D eigenvalue weighted by Crippen LogP contribution is 2.53. The van der Waals surface area contributed by atoms with E-state index in [1.807, 2.05) is 36.4 Å². The molecule has 4 atom stereocenters. The molecule has 0 aliphatic carbocycles. The van der Waals surface area contributed by atoms with Gasteiger partial charge in [-0.3, -0.25) is 14.6 Å². The van der Waals surface area contributed by atoms with Crippen LogP contribution in [0.15, 0.2) is 65.7 Å². The van der Waals surface area contributed by atoms with Gasteiger partial charge in [-0.25, -0.2) is 0 Å². The Morgan fingerprint density at radius 3 is 2.35 bits per heavy atom. The summed E-state index contributed by atoms with van der Waals surface area (Å²) >= 11 is 6.25. The molecule has 0 saturated heterocycles. The molecule has 0 spiro atoms. The van der Waals surface area contributed by atoms with E-state index in [4.69, 9.17) is 21.1 Å². The van der Waals surface area contributed by atoms with Crippen LogP contribution in [0.1, 0.15) is 30.4 Å². The van der Waals surface area contributed by atoms with E-state index in [0.29, 0.717) is 16.3 Å². The lowest BCUT2D eigenvalue weighted by Gasteiger charge is -2.48. The molecule has 0 fully saturated rings. The predicted octanol–water partition coefficient (Wildman–Crippen LogP) is 4.76. The molecule has 1 aliphatic rings. The van der Waals surface area contributed by atoms with Gasteiger partial charge in [0.2, 0.25) is 0 Å². The Balaban J connectivity index is 2.28. The third-order valence-corrected chi connectivity index (χ3v) is 6.60. The van der Waals surface area contributed by atoms with Gasteiger partial charge >= 0.3 is 11.9 Å². The quantitative estimate of drug-likeness (QED) is 0.496. The van der Waals surface area contributed by atoms with Crippen LogP contribution in [0.4, 0.5) is 0 Å². The van der Waals surface area contributed by atoms with Gasteiger partial charge in [-0.2, -0.15) is 0 Å². The van der Waals surface area contributed by atoms with Crippen molar-refractivity contribution in [2.75, 3.05) is 14.2 Å². The normalized spacial score (nSPS) is 24.9. The number of nitrogens with zero attached hydrogens (tertiary/aromatic N) is 1. The molecule has 180 valence electrons. The first-order valence-corrected chi connectivity index (χ1v) is 11.2. The highest BCUT2D eigenvalue weighted by Gasteiger charge is 2.61. The van der Waals surface area contributed by atoms with E-state index in [1.54, 1.807) is 37.3 Å². The van der Waals surface area contributed by atoms with Crippen LogP contribution in [0.3, 0.4) is 0 Å². The van der Waals surface area contributed by atoms with Gasteiger partial charge in [-0.05, 0) is 36.6 Å². The number of rotatable bonds is 9. The summed E-state index contributed by atoms with van der Waals surface area (Å²) in [6.07, 6.45) is 2.54. The van der Waals surface area contributed by atoms with Gasteiger partial charge in [0.25, 0.3) is 0 Å². The van der Waals surface area contributed by atoms with E-state index in [0.717, 1.165) is 5.56 Å². The van der Waals surface area contributed by atoms with Crippen molar-refractivity contribution >= 4 is 35.3 Å². The van der Waals surface area contributed by atoms with Crippen LogP contribution in [-0.2, 0) is 19.1 Å². The number of aliphatic carboxylic acids is 2. The molecular weight excluding hydrogens is 458 g/mol. The zero-order chi connectivity index (χ0) is 24.9. The minimum absolute atomic E-state index is 0.0111. The maximum atomic E-state index is 13.2. The van der Waals surface area contributed by atoms with Crippen LogP contribution in [0.5, 0.6) is 0 Å². The van der Waals surface area contributed by atoms with E-state index in [1.165, 1.54) is 14.2 Å². The van der Waals surface area contributed by atoms with Gasteiger partial charge in [-0.15, -0.1) is 0 Å². The molecule has 2 aromatic carbocycles. The number of methoxy groups -OCH3 is 2. The highest BCUT2D eigenvalue weighted by molar-refractivity contribution is 6.30. The van der Waals surface area contributed by atoms with E-state index in [-0.39, 0.29) is 6.42 Å². The fourth-order valence-corrected chi connectivity index (χ4v) is 5.05. The summed E-state index contributed by atoms with van der Waals surface area (Å²) in [6, 6.07) is 15.1. The number of carboxylic acids is 2. The molecule has 1 aliphatic heterocycles. The smallest absolute Gasteiger partial charge is 0.313 e. The minimum atomic E-state index is -1.70. The second kappa shape index (κ2) is 11.0. The molecule has 7 nitrogen and oxygen atoms in total. The molecule has 1 heterocycles. The van der Waals surface area contributed by atoms with Gasteiger partial charge in [-0.1, -0.05) is 66.2 Å². The number of carboxylic acid groups (broad SMARTS) is 2. The number of ether oxygens (including phenoxy) is 2. The fourth-order valence-electron chi connectivity index (χ4n) is 4.86. The standard InChI is InChI=1S/C26H28ClNO6/c1-16-20(23(29)30)21(18-12-7-13-19(27)15-18)26(25(31)32,22(28-16)24(33-2)34-3)14-8-11-17-9-5-4-6-10-17/h4-13,15,20-22,24H,14H2,1-3H3,(H,29,30)(H,31,32). The van der Waals surface area contributed by atoms with Crippen LogP contribution in [0.2, 0.25) is 5.02 Å². The summed E-state index contributed by atoms with van der Waals surface area (Å²) in [5.74, 6) is -4.52. The fraction of sp³-hybridized carbons (Fsp3) is 0.346. The number of hydrogen-bond donors (Lipinski definition) is 2. The molecule has 0 saturated carbocycles. The van der Waals surface area contributed by atoms with Crippen molar-refractivity contribution in [2.24, 2.45) is 16.3 Å². The number of allylic oxidation sites excluding steroid dienone is 1. The Morgan fingerprint density at radius 2 is 1.79 bits per heavy atom. The zero-order valence-electron chi connectivity index (χ0n) is 19.2. The largest absolute Gasteiger partial charge is 0.481 e. The molecule has 0 amide bonds. The van der Waals surface area contributed by atoms with Gasteiger partial charge < -0.3 is 19.7 Å². The molecular formula is C26H28ClNO6. The molecule has 34 heavy (non-hydrogen) atoms. The van der Waals surface area contributed by atoms with Crippen LogP contribution < -0.4 is 0 Å². The molecule has 2 N–H and O–H groups in total. The van der Waals surface area contributed by atoms with Crippen molar-refractivity contribution in [3.63, 3.8) is 0 Å². The molecule has 8 heteroatoms. The van der Waals surface area contributed by atoms with Gasteiger partial charge in [0, 0.05) is 30.9 Å². The second-order valence-electron chi connectivity index (χ2n) is 8.27. The maximum absolute atomic E-state index is 13.2. The topological polar surface area (TPSA) is 105 Å². The molecule has 0 aromatic heterocycles. The van der Waals surface area contributed by atoms with Crippen molar-refractivity contribution in [2.45, 2.75) is 31.6 Å². The Kier molecular flexibility index (Phi) is 8.25. The Hall–Kier alpha value is -3.00. The summed E-state index contributed by atoms with van der Waals surface area (Å²) in [5, 5.41) is 21.3. The maximum Gasteiger partial charge on any atom is 0.313 e. The van der Waals surface area contributed by atoms with Crippen LogP contribution in [0.25, 0.3) is 6.08 Å². The third-order valence-electron chi connectivity index (χ3n) is 6.37. The third kappa shape index (κ3) is 4.92. The zero-order valence-corrected chi connectivity index (χ0v) is 20.0. The average Bonchev–Trinajstić information content (AvgIpc) is 2.81. The van der Waals surface area contributed by atoms with Gasteiger partial charge in [0.15, 0.2) is 6.29 Å². The number of hydrogen-bond acceptors (Lipinski definition) is 5. The highest BCUT2D eigenvalue weighted by atomic mass is 35.5. The van der Waals surface area contributed by atoms with Crippen LogP contribution in [-0.4, -0.2) is 54.4 Å². The average molecular weight is 486 g/mol. The SMILES string of the molecule is COC(OC)C1N=C(C)C(C(=O)O)C(c2cccc(Cl)c2)C1(CC=Cc1ccccc1)C(=O)O. The van der Waals surface area contributed by atoms with E-state index >= 15 is 0 Å². The monoisotopic (exact) mass is 485 g/mol. The van der Waals surface area contributed by atoms with Crippen molar-refractivity contribution in [3.05, 3.63) is 76.8 Å². The second-order valence-corrected chi connectivity index (χ2v) is 8.70. The van der Waals surface area contributed by atoms with E-state index in [2.05, 4.69) is 4.99 Å². The Bertz CT molecular complexity index is 1080. The summed E-state index contributed by atoms with van der Waals surface area (Å²) < 4.78 is 10.9. The lowest BCUT2D eigenvalue weighted by atomic mass is 9.58. The van der Waals surface area contributed by atoms with E-state index in [9.17, 15) is 19.8 Å². The number of carbonyl (C=O) groups is 2. The van der Waals surface area contributed by atoms with Crippen molar-refractivity contribution in [1.82, 2.24) is 0 Å². The summed E-state index contributed by atoms with van der Waals surface area (Å²) in [6.45, 7) is 1.59. The number of benzene rings is 2. The van der Waals surface area contributed by atoms with Gasteiger partial charge in [0.1, 0.15) is 17.4 Å². The number of halogens is 1. The van der Waals surface area contributed by atoms with Crippen LogP contribution >= 0.6 is 11.6 Å². The summed E-state index contributed by atoms with van der Waals surface area (Å²) in [7, 11) is 2.81. The van der Waals surface area contributed by atoms with Crippen molar-refractivity contribution < 1.29 is 29.3 Å². The Morgan fingerprint density at radius 1 is 1.12 bits per heavy atom.